The van der Waals surface area contributed by atoms with E-state index >= 15 is 0 Å². The van der Waals surface area contributed by atoms with Crippen molar-refractivity contribution < 1.29 is 4.79 Å². The summed E-state index contributed by atoms with van der Waals surface area (Å²) in [5.74, 6) is 0. The van der Waals surface area contributed by atoms with Crippen LogP contribution >= 0.6 is 0 Å². The van der Waals surface area contributed by atoms with Crippen molar-refractivity contribution in [2.24, 2.45) is 0 Å². The second-order valence-corrected chi connectivity index (χ2v) is 6.12. The maximum absolute atomic E-state index is 11.9. The van der Waals surface area contributed by atoms with Crippen molar-refractivity contribution in [1.29, 1.82) is 0 Å². The average Bonchev–Trinajstić information content (AvgIpc) is 3.25. The van der Waals surface area contributed by atoms with Crippen LogP contribution in [0.3, 0.4) is 0 Å². The first-order valence-electron chi connectivity index (χ1n) is 8.42. The predicted octanol–water partition coefficient (Wildman–Crippen LogP) is 1.24. The van der Waals surface area contributed by atoms with Gasteiger partial charge in [-0.25, -0.2) is 9.78 Å². The Kier molecular flexibility index (Phi) is 5.79. The van der Waals surface area contributed by atoms with E-state index < -0.39 is 0 Å². The average molecular weight is 328 g/mol. The second kappa shape index (κ2) is 8.44. The van der Waals surface area contributed by atoms with Crippen molar-refractivity contribution >= 4 is 6.03 Å². The zero-order valence-corrected chi connectivity index (χ0v) is 13.8. The maximum Gasteiger partial charge on any atom is 0.315 e. The lowest BCUT2D eigenvalue weighted by Gasteiger charge is -2.17. The Morgan fingerprint density at radius 2 is 2.17 bits per heavy atom. The Morgan fingerprint density at radius 3 is 2.96 bits per heavy atom. The van der Waals surface area contributed by atoms with Gasteiger partial charge in [0.25, 0.3) is 0 Å². The number of hydrogen-bond donors (Lipinski definition) is 2. The highest BCUT2D eigenvalue weighted by Crippen LogP contribution is 2.13. The fourth-order valence-electron chi connectivity index (χ4n) is 2.96. The summed E-state index contributed by atoms with van der Waals surface area (Å²) in [5.41, 5.74) is 1.32. The lowest BCUT2D eigenvalue weighted by Crippen LogP contribution is -2.43. The highest BCUT2D eigenvalue weighted by molar-refractivity contribution is 5.74. The summed E-state index contributed by atoms with van der Waals surface area (Å²) in [5, 5.41) is 10.00. The molecule has 1 aromatic heterocycles. The molecular formula is C17H24N6O. The molecule has 128 valence electrons. The van der Waals surface area contributed by atoms with Gasteiger partial charge < -0.3 is 10.6 Å². The van der Waals surface area contributed by atoms with Gasteiger partial charge in [0, 0.05) is 38.8 Å². The molecule has 0 bridgehead atoms. The third-order valence-corrected chi connectivity index (χ3v) is 4.17. The fourth-order valence-corrected chi connectivity index (χ4v) is 2.96. The highest BCUT2D eigenvalue weighted by Gasteiger charge is 2.23. The Labute approximate surface area is 142 Å². The summed E-state index contributed by atoms with van der Waals surface area (Å²) in [7, 11) is 0. The summed E-state index contributed by atoms with van der Waals surface area (Å²) in [6.07, 6.45) is 5.03. The molecule has 2 aromatic rings. The minimum absolute atomic E-state index is 0.0832. The van der Waals surface area contributed by atoms with Crippen molar-refractivity contribution in [3.05, 3.63) is 48.5 Å². The Morgan fingerprint density at radius 1 is 1.29 bits per heavy atom. The zero-order chi connectivity index (χ0) is 16.6. The molecule has 7 nitrogen and oxygen atoms in total. The van der Waals surface area contributed by atoms with Crippen molar-refractivity contribution in [1.82, 2.24) is 30.3 Å². The summed E-state index contributed by atoms with van der Waals surface area (Å²) in [4.78, 5) is 18.2. The Balaban J connectivity index is 1.31. The molecule has 1 aliphatic heterocycles. The minimum Gasteiger partial charge on any atom is -0.338 e. The molecule has 2 N–H and O–H groups in total. The molecule has 0 unspecified atom stereocenters. The second-order valence-electron chi connectivity index (χ2n) is 6.12. The highest BCUT2D eigenvalue weighted by atomic mass is 16.2. The lowest BCUT2D eigenvalue weighted by atomic mass is 10.2. The quantitative estimate of drug-likeness (QED) is 0.750. The summed E-state index contributed by atoms with van der Waals surface area (Å²) >= 11 is 0. The smallest absolute Gasteiger partial charge is 0.315 e. The number of aromatic nitrogens is 3. The van der Waals surface area contributed by atoms with Gasteiger partial charge in [-0.2, -0.15) is 5.10 Å². The van der Waals surface area contributed by atoms with Gasteiger partial charge >= 0.3 is 6.03 Å². The Hall–Kier alpha value is -2.41. The zero-order valence-electron chi connectivity index (χ0n) is 13.8. The van der Waals surface area contributed by atoms with Gasteiger partial charge in [0.2, 0.25) is 0 Å². The SMILES string of the molecule is O=C(NCCCn1cncn1)N[C@@H]1CCN(Cc2ccccc2)C1. The molecule has 24 heavy (non-hydrogen) atoms. The van der Waals surface area contributed by atoms with E-state index in [0.29, 0.717) is 6.54 Å². The van der Waals surface area contributed by atoms with Crippen molar-refractivity contribution in [2.75, 3.05) is 19.6 Å². The van der Waals surface area contributed by atoms with Crippen LogP contribution in [0.4, 0.5) is 4.79 Å². The van der Waals surface area contributed by atoms with E-state index in [4.69, 9.17) is 0 Å². The molecule has 1 atom stereocenters. The van der Waals surface area contributed by atoms with Crippen LogP contribution in [-0.2, 0) is 13.1 Å². The standard InChI is InChI=1S/C17H24N6O/c24-17(19-8-4-9-23-14-18-13-20-23)21-16-7-10-22(12-16)11-15-5-2-1-3-6-15/h1-3,5-6,13-14,16H,4,7-12H2,(H2,19,21,24)/t16-/m1/s1. The van der Waals surface area contributed by atoms with Gasteiger partial charge in [0.1, 0.15) is 12.7 Å². The molecule has 3 rings (SSSR count). The fraction of sp³-hybridized carbons (Fsp3) is 0.471. The predicted molar refractivity (Wildman–Crippen MR) is 91.3 cm³/mol. The van der Waals surface area contributed by atoms with Crippen molar-refractivity contribution in [3.63, 3.8) is 0 Å². The number of urea groups is 1. The van der Waals surface area contributed by atoms with Crippen molar-refractivity contribution in [2.45, 2.75) is 32.0 Å². The van der Waals surface area contributed by atoms with Gasteiger partial charge in [-0.05, 0) is 18.4 Å². The molecule has 1 fully saturated rings. The molecule has 7 heteroatoms. The first-order valence-corrected chi connectivity index (χ1v) is 8.42. The molecule has 0 spiro atoms. The normalized spacial score (nSPS) is 17.8. The van der Waals surface area contributed by atoms with E-state index in [2.05, 4.69) is 49.9 Å². The molecule has 1 saturated heterocycles. The summed E-state index contributed by atoms with van der Waals surface area (Å²) in [6, 6.07) is 10.6. The number of hydrogen-bond acceptors (Lipinski definition) is 4. The number of benzene rings is 1. The minimum atomic E-state index is -0.0832. The van der Waals surface area contributed by atoms with Crippen LogP contribution in [0.5, 0.6) is 0 Å². The number of amides is 2. The van der Waals surface area contributed by atoms with Crippen LogP contribution in [0, 0.1) is 0 Å². The van der Waals surface area contributed by atoms with Gasteiger partial charge in [0.15, 0.2) is 0 Å². The van der Waals surface area contributed by atoms with Gasteiger partial charge in [-0.15, -0.1) is 0 Å². The molecule has 0 radical (unpaired) electrons. The lowest BCUT2D eigenvalue weighted by molar-refractivity contribution is 0.235. The molecular weight excluding hydrogens is 304 g/mol. The number of nitrogens with one attached hydrogen (secondary N) is 2. The summed E-state index contributed by atoms with van der Waals surface area (Å²) in [6.45, 7) is 4.26. The third-order valence-electron chi connectivity index (χ3n) is 4.17. The first-order chi connectivity index (χ1) is 11.8. The van der Waals surface area contributed by atoms with Crippen molar-refractivity contribution in [3.8, 4) is 0 Å². The molecule has 1 aliphatic rings. The monoisotopic (exact) mass is 328 g/mol. The molecule has 1 aromatic carbocycles. The van der Waals surface area contributed by atoms with Crippen LogP contribution in [0.2, 0.25) is 0 Å². The number of nitrogens with zero attached hydrogens (tertiary/aromatic N) is 4. The number of carbonyl (C=O) groups is 1. The topological polar surface area (TPSA) is 75.1 Å². The van der Waals surface area contributed by atoms with Crippen LogP contribution in [-0.4, -0.2) is 51.4 Å². The number of aryl methyl sites for hydroxylation is 1. The van der Waals surface area contributed by atoms with E-state index in [1.54, 1.807) is 11.0 Å². The maximum atomic E-state index is 11.9. The Bertz CT molecular complexity index is 615. The molecule has 2 heterocycles. The van der Waals surface area contributed by atoms with Crippen LogP contribution in [0.25, 0.3) is 0 Å². The molecule has 0 aliphatic carbocycles. The third kappa shape index (κ3) is 5.06. The number of likely N-dealkylation sites (tertiary alicyclic amines) is 1. The number of rotatable bonds is 7. The van der Waals surface area contributed by atoms with E-state index in [1.165, 1.54) is 11.9 Å². The van der Waals surface area contributed by atoms with Gasteiger partial charge in [0.05, 0.1) is 0 Å². The van der Waals surface area contributed by atoms with Crippen LogP contribution in [0.15, 0.2) is 43.0 Å². The summed E-state index contributed by atoms with van der Waals surface area (Å²) < 4.78 is 1.76. The molecule has 2 amide bonds. The number of carbonyl (C=O) groups excluding carboxylic acids is 1. The molecule has 0 saturated carbocycles. The van der Waals surface area contributed by atoms with E-state index in [9.17, 15) is 4.79 Å². The van der Waals surface area contributed by atoms with E-state index in [0.717, 1.165) is 39.0 Å². The van der Waals surface area contributed by atoms with E-state index in [1.807, 2.05) is 6.07 Å². The van der Waals surface area contributed by atoms with E-state index in [-0.39, 0.29) is 12.1 Å². The largest absolute Gasteiger partial charge is 0.338 e. The van der Waals surface area contributed by atoms with Gasteiger partial charge in [-0.3, -0.25) is 9.58 Å². The van der Waals surface area contributed by atoms with Crippen LogP contribution in [0.1, 0.15) is 18.4 Å². The van der Waals surface area contributed by atoms with Crippen LogP contribution < -0.4 is 10.6 Å². The first kappa shape index (κ1) is 16.4. The van der Waals surface area contributed by atoms with Gasteiger partial charge in [-0.1, -0.05) is 30.3 Å².